The number of fused-ring (bicyclic) bond motifs is 1. The Kier molecular flexibility index (Phi) is 7.29. The van der Waals surface area contributed by atoms with Crippen molar-refractivity contribution in [2.75, 3.05) is 31.9 Å². The monoisotopic (exact) mass is 388 g/mol. The van der Waals surface area contributed by atoms with Crippen LogP contribution in [0, 0.1) is 5.92 Å². The molecule has 0 spiro atoms. The zero-order chi connectivity index (χ0) is 19.1. The highest BCUT2D eigenvalue weighted by molar-refractivity contribution is 7.98. The maximum atomic E-state index is 12.4. The minimum Gasteiger partial charge on any atom is -0.343 e. The lowest BCUT2D eigenvalue weighted by Gasteiger charge is -2.32. The third kappa shape index (κ3) is 5.56. The number of nitrogens with one attached hydrogen (secondary N) is 2. The molecule has 2 aromatic rings. The van der Waals surface area contributed by atoms with Crippen LogP contribution in [0.4, 0.5) is 0 Å². The van der Waals surface area contributed by atoms with Crippen molar-refractivity contribution in [1.29, 1.82) is 0 Å². The number of hydrogen-bond acceptors (Lipinski definition) is 5. The second-order valence-corrected chi connectivity index (χ2v) is 8.07. The number of benzene rings is 1. The van der Waals surface area contributed by atoms with Gasteiger partial charge in [-0.15, -0.1) is 0 Å². The summed E-state index contributed by atoms with van der Waals surface area (Å²) in [7, 11) is 0. The van der Waals surface area contributed by atoms with Crippen molar-refractivity contribution in [1.82, 2.24) is 20.2 Å². The Morgan fingerprint density at radius 3 is 2.89 bits per heavy atom. The number of aromatic nitrogens is 2. The van der Waals surface area contributed by atoms with Crippen molar-refractivity contribution in [2.24, 2.45) is 5.92 Å². The molecule has 0 bridgehead atoms. The van der Waals surface area contributed by atoms with Crippen LogP contribution in [-0.4, -0.2) is 52.7 Å². The van der Waals surface area contributed by atoms with E-state index in [4.69, 9.17) is 0 Å². The van der Waals surface area contributed by atoms with Gasteiger partial charge in [-0.2, -0.15) is 11.8 Å². The number of nitrogens with zero attached hydrogens (tertiary/aromatic N) is 2. The Morgan fingerprint density at radius 2 is 2.11 bits per heavy atom. The van der Waals surface area contributed by atoms with Crippen LogP contribution in [0.5, 0.6) is 0 Å². The summed E-state index contributed by atoms with van der Waals surface area (Å²) in [6, 6.07) is 7.34. The molecular formula is C20H28N4O2S. The molecule has 146 valence electrons. The van der Waals surface area contributed by atoms with Crippen molar-refractivity contribution in [3.63, 3.8) is 0 Å². The van der Waals surface area contributed by atoms with Crippen molar-refractivity contribution in [3.8, 4) is 0 Å². The predicted octanol–water partition coefficient (Wildman–Crippen LogP) is 2.39. The third-order valence-electron chi connectivity index (χ3n) is 5.01. The first-order valence-corrected chi connectivity index (χ1v) is 10.9. The number of likely N-dealkylation sites (tertiary alicyclic amines) is 1. The molecule has 0 unspecified atom stereocenters. The molecule has 0 saturated carbocycles. The third-order valence-corrected chi connectivity index (χ3v) is 5.98. The van der Waals surface area contributed by atoms with Gasteiger partial charge in [0.25, 0.3) is 5.56 Å². The Balaban J connectivity index is 1.40. The summed E-state index contributed by atoms with van der Waals surface area (Å²) < 4.78 is 0. The van der Waals surface area contributed by atoms with Crippen molar-refractivity contribution in [2.45, 2.75) is 31.9 Å². The van der Waals surface area contributed by atoms with E-state index in [9.17, 15) is 9.59 Å². The molecule has 1 aliphatic heterocycles. The highest BCUT2D eigenvalue weighted by Gasteiger charge is 2.22. The van der Waals surface area contributed by atoms with Crippen LogP contribution in [0.25, 0.3) is 10.9 Å². The fourth-order valence-electron chi connectivity index (χ4n) is 3.42. The van der Waals surface area contributed by atoms with Crippen LogP contribution in [0.3, 0.4) is 0 Å². The van der Waals surface area contributed by atoms with E-state index in [0.717, 1.165) is 44.8 Å². The van der Waals surface area contributed by atoms with E-state index in [-0.39, 0.29) is 11.5 Å². The molecule has 1 aromatic heterocycles. The number of amides is 1. The molecule has 2 heterocycles. The zero-order valence-corrected chi connectivity index (χ0v) is 16.7. The highest BCUT2D eigenvalue weighted by Crippen LogP contribution is 2.18. The molecular weight excluding hydrogens is 360 g/mol. The van der Waals surface area contributed by atoms with Gasteiger partial charge in [0, 0.05) is 25.3 Å². The molecule has 3 rings (SSSR count). The molecule has 1 aromatic carbocycles. The zero-order valence-electron chi connectivity index (χ0n) is 15.9. The lowest BCUT2D eigenvalue weighted by atomic mass is 9.96. The van der Waals surface area contributed by atoms with E-state index in [0.29, 0.717) is 34.8 Å². The molecule has 27 heavy (non-hydrogen) atoms. The summed E-state index contributed by atoms with van der Waals surface area (Å²) in [5, 5.41) is 4.01. The number of aromatic amines is 1. The van der Waals surface area contributed by atoms with Gasteiger partial charge in [0.05, 0.1) is 16.7 Å². The van der Waals surface area contributed by atoms with Crippen LogP contribution >= 0.6 is 11.8 Å². The fourth-order valence-corrected chi connectivity index (χ4v) is 4.22. The van der Waals surface area contributed by atoms with Crippen LogP contribution in [-0.2, 0) is 10.5 Å². The summed E-state index contributed by atoms with van der Waals surface area (Å²) in [5.74, 6) is 2.95. The molecule has 0 atom stereocenters. The second kappa shape index (κ2) is 9.90. The number of para-hydroxylation sites is 1. The molecule has 0 radical (unpaired) electrons. The van der Waals surface area contributed by atoms with Gasteiger partial charge in [-0.1, -0.05) is 19.1 Å². The van der Waals surface area contributed by atoms with Gasteiger partial charge < -0.3 is 15.2 Å². The van der Waals surface area contributed by atoms with E-state index < -0.39 is 0 Å². The number of H-pyrrole nitrogens is 1. The van der Waals surface area contributed by atoms with Crippen molar-refractivity contribution < 1.29 is 4.79 Å². The Hall–Kier alpha value is -1.86. The quantitative estimate of drug-likeness (QED) is 0.679. The molecule has 7 heteroatoms. The van der Waals surface area contributed by atoms with Gasteiger partial charge in [-0.05, 0) is 44.0 Å². The molecule has 0 aliphatic carbocycles. The van der Waals surface area contributed by atoms with E-state index in [1.807, 2.05) is 23.1 Å². The number of rotatable bonds is 8. The SMILES string of the molecule is CCNCC1CCN(C(=O)CCSCc2nc3ccccc3c(=O)[nH]2)CC1. The minimum atomic E-state index is -0.104. The standard InChI is InChI=1S/C20H28N4O2S/c1-2-21-13-15-7-10-24(11-8-15)19(25)9-12-27-14-18-22-17-6-4-3-5-16(17)20(26)23-18/h3-6,15,21H,2,7-14H2,1H3,(H,22,23,26). The summed E-state index contributed by atoms with van der Waals surface area (Å²) in [6.45, 7) is 5.94. The predicted molar refractivity (Wildman–Crippen MR) is 111 cm³/mol. The molecule has 1 amide bonds. The van der Waals surface area contributed by atoms with Gasteiger partial charge in [0.15, 0.2) is 0 Å². The van der Waals surface area contributed by atoms with Crippen LogP contribution in [0.15, 0.2) is 29.1 Å². The van der Waals surface area contributed by atoms with Crippen molar-refractivity contribution >= 4 is 28.6 Å². The average Bonchev–Trinajstić information content (AvgIpc) is 2.70. The van der Waals surface area contributed by atoms with Gasteiger partial charge >= 0.3 is 0 Å². The van der Waals surface area contributed by atoms with Crippen LogP contribution < -0.4 is 10.9 Å². The van der Waals surface area contributed by atoms with E-state index in [2.05, 4.69) is 22.2 Å². The smallest absolute Gasteiger partial charge is 0.258 e. The van der Waals surface area contributed by atoms with Crippen LogP contribution in [0.1, 0.15) is 32.0 Å². The maximum absolute atomic E-state index is 12.4. The summed E-state index contributed by atoms with van der Waals surface area (Å²) >= 11 is 1.64. The number of hydrogen-bond donors (Lipinski definition) is 2. The van der Waals surface area contributed by atoms with Crippen LogP contribution in [0.2, 0.25) is 0 Å². The average molecular weight is 389 g/mol. The maximum Gasteiger partial charge on any atom is 0.258 e. The van der Waals surface area contributed by atoms with E-state index in [1.54, 1.807) is 17.8 Å². The number of piperidine rings is 1. The molecule has 1 saturated heterocycles. The Bertz CT molecular complexity index is 815. The normalized spacial score (nSPS) is 15.4. The van der Waals surface area contributed by atoms with Crippen molar-refractivity contribution in [3.05, 3.63) is 40.4 Å². The lowest BCUT2D eigenvalue weighted by molar-refractivity contribution is -0.132. The van der Waals surface area contributed by atoms with Gasteiger partial charge in [-0.3, -0.25) is 9.59 Å². The fraction of sp³-hybridized carbons (Fsp3) is 0.550. The lowest BCUT2D eigenvalue weighted by Crippen LogP contribution is -2.40. The first-order valence-electron chi connectivity index (χ1n) is 9.71. The van der Waals surface area contributed by atoms with E-state index >= 15 is 0 Å². The van der Waals surface area contributed by atoms with Gasteiger partial charge in [-0.25, -0.2) is 4.98 Å². The number of carbonyl (C=O) groups excluding carboxylic acids is 1. The molecule has 1 aliphatic rings. The second-order valence-electron chi connectivity index (χ2n) is 6.96. The topological polar surface area (TPSA) is 78.1 Å². The summed E-state index contributed by atoms with van der Waals surface area (Å²) in [6.07, 6.45) is 2.72. The Morgan fingerprint density at radius 1 is 1.33 bits per heavy atom. The minimum absolute atomic E-state index is 0.104. The molecule has 6 nitrogen and oxygen atoms in total. The molecule has 2 N–H and O–H groups in total. The summed E-state index contributed by atoms with van der Waals surface area (Å²) in [4.78, 5) is 33.8. The summed E-state index contributed by atoms with van der Waals surface area (Å²) in [5.41, 5.74) is 0.612. The first-order chi connectivity index (χ1) is 13.2. The van der Waals surface area contributed by atoms with Gasteiger partial charge in [0.1, 0.15) is 5.82 Å². The molecule has 1 fully saturated rings. The number of carbonyl (C=O) groups is 1. The Labute approximate surface area is 164 Å². The highest BCUT2D eigenvalue weighted by atomic mass is 32.2. The number of thioether (sulfide) groups is 1. The largest absolute Gasteiger partial charge is 0.343 e. The first kappa shape index (κ1) is 19.9. The van der Waals surface area contributed by atoms with Gasteiger partial charge in [0.2, 0.25) is 5.91 Å². The van der Waals surface area contributed by atoms with E-state index in [1.165, 1.54) is 0 Å².